The van der Waals surface area contributed by atoms with Crippen LogP contribution in [0.5, 0.6) is 5.75 Å². The van der Waals surface area contributed by atoms with Crippen molar-refractivity contribution >= 4 is 11.3 Å². The minimum atomic E-state index is 0.568. The molecule has 0 spiro atoms. The highest BCUT2D eigenvalue weighted by molar-refractivity contribution is 7.13. The van der Waals surface area contributed by atoms with Crippen LogP contribution in [-0.4, -0.2) is 4.98 Å². The molecule has 3 aromatic rings. The van der Waals surface area contributed by atoms with Crippen LogP contribution in [0.1, 0.15) is 5.56 Å². The summed E-state index contributed by atoms with van der Waals surface area (Å²) >= 11 is 1.65. The van der Waals surface area contributed by atoms with E-state index in [0.717, 1.165) is 5.75 Å². The number of para-hydroxylation sites is 1. The maximum absolute atomic E-state index is 5.81. The Morgan fingerprint density at radius 3 is 2.53 bits per heavy atom. The predicted molar refractivity (Wildman–Crippen MR) is 78.3 cm³/mol. The minimum absolute atomic E-state index is 0.568. The second-order valence-electron chi connectivity index (χ2n) is 4.12. The van der Waals surface area contributed by atoms with Gasteiger partial charge >= 0.3 is 0 Å². The van der Waals surface area contributed by atoms with Gasteiger partial charge in [0.2, 0.25) is 0 Å². The smallest absolute Gasteiger partial charge is 0.119 e. The Labute approximate surface area is 116 Å². The number of hydrogen-bond acceptors (Lipinski definition) is 3. The third-order valence-electron chi connectivity index (χ3n) is 2.85. The highest BCUT2D eigenvalue weighted by Crippen LogP contribution is 2.27. The van der Waals surface area contributed by atoms with E-state index in [-0.39, 0.29) is 0 Å². The zero-order valence-corrected chi connectivity index (χ0v) is 11.1. The van der Waals surface area contributed by atoms with E-state index >= 15 is 0 Å². The normalized spacial score (nSPS) is 10.3. The average Bonchev–Trinajstić information content (AvgIpc) is 3.01. The van der Waals surface area contributed by atoms with E-state index in [1.807, 2.05) is 54.2 Å². The van der Waals surface area contributed by atoms with Crippen LogP contribution in [0.3, 0.4) is 0 Å². The van der Waals surface area contributed by atoms with Gasteiger partial charge in [-0.1, -0.05) is 42.5 Å². The van der Waals surface area contributed by atoms with Gasteiger partial charge in [0.05, 0.1) is 10.4 Å². The summed E-state index contributed by atoms with van der Waals surface area (Å²) in [5.74, 6) is 0.890. The van der Waals surface area contributed by atoms with Crippen molar-refractivity contribution in [3.8, 4) is 16.2 Å². The van der Waals surface area contributed by atoms with Crippen molar-refractivity contribution in [1.82, 2.24) is 4.98 Å². The summed E-state index contributed by atoms with van der Waals surface area (Å²) < 4.78 is 5.81. The third-order valence-corrected chi connectivity index (χ3v) is 3.66. The van der Waals surface area contributed by atoms with Gasteiger partial charge < -0.3 is 4.74 Å². The Morgan fingerprint density at radius 2 is 1.74 bits per heavy atom. The summed E-state index contributed by atoms with van der Waals surface area (Å²) in [5.41, 5.74) is 4.22. The molecule has 2 aromatic carbocycles. The molecule has 0 aliphatic heterocycles. The molecule has 0 bridgehead atoms. The van der Waals surface area contributed by atoms with Crippen LogP contribution in [0.2, 0.25) is 0 Å². The summed E-state index contributed by atoms with van der Waals surface area (Å²) in [6.45, 7) is 0.568. The van der Waals surface area contributed by atoms with Crippen LogP contribution in [0, 0.1) is 0 Å². The van der Waals surface area contributed by atoms with E-state index in [1.165, 1.54) is 16.0 Å². The Hall–Kier alpha value is -2.13. The number of aromatic nitrogens is 1. The van der Waals surface area contributed by atoms with Crippen molar-refractivity contribution in [3.05, 3.63) is 71.9 Å². The van der Waals surface area contributed by atoms with Crippen molar-refractivity contribution < 1.29 is 4.74 Å². The van der Waals surface area contributed by atoms with E-state index in [9.17, 15) is 0 Å². The van der Waals surface area contributed by atoms with Crippen LogP contribution < -0.4 is 4.74 Å². The van der Waals surface area contributed by atoms with E-state index in [4.69, 9.17) is 4.74 Å². The maximum atomic E-state index is 5.81. The van der Waals surface area contributed by atoms with Crippen molar-refractivity contribution in [2.45, 2.75) is 6.61 Å². The van der Waals surface area contributed by atoms with Crippen molar-refractivity contribution in [2.75, 3.05) is 0 Å². The Bertz CT molecular complexity index is 635. The molecule has 0 radical (unpaired) electrons. The average molecular weight is 267 g/mol. The quantitative estimate of drug-likeness (QED) is 0.699. The predicted octanol–water partition coefficient (Wildman–Crippen LogP) is 4.39. The summed E-state index contributed by atoms with van der Waals surface area (Å²) in [4.78, 5) is 5.31. The van der Waals surface area contributed by atoms with Gasteiger partial charge in [0.1, 0.15) is 12.4 Å². The topological polar surface area (TPSA) is 22.1 Å². The summed E-state index contributed by atoms with van der Waals surface area (Å²) in [6, 6.07) is 18.2. The Balaban J connectivity index is 1.82. The van der Waals surface area contributed by atoms with Crippen LogP contribution in [0.25, 0.3) is 10.4 Å². The molecule has 3 rings (SSSR count). The lowest BCUT2D eigenvalue weighted by Crippen LogP contribution is -1.97. The standard InChI is InChI=1S/C16H13NOS/c1-2-7-14(8-3-1)18-11-13-6-4-5-9-15(13)16-10-17-12-19-16/h1-10,12H,11H2. The molecule has 0 saturated carbocycles. The molecular weight excluding hydrogens is 254 g/mol. The van der Waals surface area contributed by atoms with E-state index < -0.39 is 0 Å². The molecule has 0 aliphatic rings. The van der Waals surface area contributed by atoms with Gasteiger partial charge in [0.15, 0.2) is 0 Å². The third kappa shape index (κ3) is 2.83. The highest BCUT2D eigenvalue weighted by Gasteiger charge is 2.06. The number of rotatable bonds is 4. The second-order valence-corrected chi connectivity index (χ2v) is 5.01. The van der Waals surface area contributed by atoms with Gasteiger partial charge in [-0.25, -0.2) is 0 Å². The fraction of sp³-hybridized carbons (Fsp3) is 0.0625. The van der Waals surface area contributed by atoms with Gasteiger partial charge in [-0.05, 0) is 23.3 Å². The van der Waals surface area contributed by atoms with E-state index in [0.29, 0.717) is 6.61 Å². The maximum Gasteiger partial charge on any atom is 0.119 e. The summed E-state index contributed by atoms with van der Waals surface area (Å²) in [6.07, 6.45) is 1.89. The molecule has 19 heavy (non-hydrogen) atoms. The first-order valence-corrected chi connectivity index (χ1v) is 6.96. The van der Waals surface area contributed by atoms with Crippen molar-refractivity contribution in [2.24, 2.45) is 0 Å². The molecule has 0 amide bonds. The number of benzene rings is 2. The van der Waals surface area contributed by atoms with Gasteiger partial charge in [-0.3, -0.25) is 4.98 Å². The molecule has 0 fully saturated rings. The van der Waals surface area contributed by atoms with Crippen LogP contribution in [-0.2, 0) is 6.61 Å². The molecule has 1 aromatic heterocycles. The van der Waals surface area contributed by atoms with Crippen LogP contribution in [0.15, 0.2) is 66.3 Å². The lowest BCUT2D eigenvalue weighted by molar-refractivity contribution is 0.307. The molecule has 0 saturated heterocycles. The largest absolute Gasteiger partial charge is 0.489 e. The fourth-order valence-corrected chi connectivity index (χ4v) is 2.60. The Kier molecular flexibility index (Phi) is 3.56. The first-order valence-electron chi connectivity index (χ1n) is 6.08. The molecule has 0 atom stereocenters. The van der Waals surface area contributed by atoms with E-state index in [1.54, 1.807) is 11.3 Å². The SMILES string of the molecule is c1ccc(OCc2ccccc2-c2cncs2)cc1. The first kappa shape index (κ1) is 11.9. The van der Waals surface area contributed by atoms with Gasteiger partial charge in [0.25, 0.3) is 0 Å². The zero-order valence-electron chi connectivity index (χ0n) is 10.3. The number of thiazole rings is 1. The molecule has 0 aliphatic carbocycles. The molecule has 0 unspecified atom stereocenters. The molecule has 3 heteroatoms. The summed E-state index contributed by atoms with van der Waals surface area (Å²) in [7, 11) is 0. The van der Waals surface area contributed by atoms with Crippen LogP contribution in [0.4, 0.5) is 0 Å². The van der Waals surface area contributed by atoms with Crippen molar-refractivity contribution in [1.29, 1.82) is 0 Å². The number of ether oxygens (including phenoxy) is 1. The monoisotopic (exact) mass is 267 g/mol. The molecule has 1 heterocycles. The molecule has 2 nitrogen and oxygen atoms in total. The Morgan fingerprint density at radius 1 is 0.947 bits per heavy atom. The minimum Gasteiger partial charge on any atom is -0.489 e. The van der Waals surface area contributed by atoms with Gasteiger partial charge in [0, 0.05) is 6.20 Å². The first-order chi connectivity index (χ1) is 9.43. The van der Waals surface area contributed by atoms with E-state index in [2.05, 4.69) is 17.1 Å². The number of hydrogen-bond donors (Lipinski definition) is 0. The molecule has 94 valence electrons. The molecular formula is C16H13NOS. The number of nitrogens with zero attached hydrogens (tertiary/aromatic N) is 1. The second kappa shape index (κ2) is 5.67. The van der Waals surface area contributed by atoms with Gasteiger partial charge in [-0.2, -0.15) is 0 Å². The lowest BCUT2D eigenvalue weighted by Gasteiger charge is -2.09. The fourth-order valence-electron chi connectivity index (χ4n) is 1.91. The zero-order chi connectivity index (χ0) is 12.9. The van der Waals surface area contributed by atoms with Crippen molar-refractivity contribution in [3.63, 3.8) is 0 Å². The van der Waals surface area contributed by atoms with Crippen LogP contribution >= 0.6 is 11.3 Å². The van der Waals surface area contributed by atoms with Gasteiger partial charge in [-0.15, -0.1) is 11.3 Å². The lowest BCUT2D eigenvalue weighted by atomic mass is 10.1. The molecule has 0 N–H and O–H groups in total. The highest BCUT2D eigenvalue weighted by atomic mass is 32.1. The summed E-state index contributed by atoms with van der Waals surface area (Å²) in [5, 5.41) is 0.